The van der Waals surface area contributed by atoms with E-state index in [1.54, 1.807) is 0 Å². The molecule has 9 nitrogen and oxygen atoms in total. The topological polar surface area (TPSA) is 86.0 Å². The van der Waals surface area contributed by atoms with Crippen molar-refractivity contribution >= 4 is 23.1 Å². The summed E-state index contributed by atoms with van der Waals surface area (Å²) in [5.41, 5.74) is 6.01. The molecule has 4 aromatic rings. The highest BCUT2D eigenvalue weighted by atomic mass is 16.5. The number of benzene rings is 1. The van der Waals surface area contributed by atoms with Gasteiger partial charge in [0.25, 0.3) is 0 Å². The minimum atomic E-state index is -0.0413. The van der Waals surface area contributed by atoms with Gasteiger partial charge >= 0.3 is 0 Å². The average Bonchev–Trinajstić information content (AvgIpc) is 3.52. The largest absolute Gasteiger partial charge is 0.473 e. The Morgan fingerprint density at radius 3 is 2.81 bits per heavy atom. The number of ether oxygens (including phenoxy) is 2. The van der Waals surface area contributed by atoms with Gasteiger partial charge in [0.05, 0.1) is 40.3 Å². The number of aromatic amines is 1. The summed E-state index contributed by atoms with van der Waals surface area (Å²) in [5, 5.41) is 18.2. The molecule has 5 rings (SSSR count). The number of hydrogen-bond acceptors (Lipinski definition) is 6. The van der Waals surface area contributed by atoms with Gasteiger partial charge in [0.2, 0.25) is 11.8 Å². The SMILES string of the molecule is CCCn1nc(OC(C)C)c2c1CN(CC)CC(C)Oc1c(cnn1C)-c1ccc3n[nH]c(c3c1)/C=C/2. The van der Waals surface area contributed by atoms with Crippen LogP contribution >= 0.6 is 0 Å². The van der Waals surface area contributed by atoms with Gasteiger partial charge in [0.15, 0.2) is 0 Å². The van der Waals surface area contributed by atoms with E-state index in [-0.39, 0.29) is 12.2 Å². The van der Waals surface area contributed by atoms with Crippen LogP contribution in [0.25, 0.3) is 34.2 Å². The van der Waals surface area contributed by atoms with Crippen LogP contribution in [0.1, 0.15) is 58.0 Å². The zero-order chi connectivity index (χ0) is 26.1. The van der Waals surface area contributed by atoms with Crippen molar-refractivity contribution in [3.8, 4) is 22.9 Å². The highest BCUT2D eigenvalue weighted by Gasteiger charge is 2.23. The van der Waals surface area contributed by atoms with Crippen molar-refractivity contribution in [3.63, 3.8) is 0 Å². The first kappa shape index (κ1) is 25.1. The Balaban J connectivity index is 1.70. The van der Waals surface area contributed by atoms with Crippen molar-refractivity contribution in [2.45, 2.75) is 66.3 Å². The molecule has 1 unspecified atom stereocenters. The van der Waals surface area contributed by atoms with Crippen molar-refractivity contribution in [1.29, 1.82) is 0 Å². The van der Waals surface area contributed by atoms with Crippen LogP contribution in [0.5, 0.6) is 11.8 Å². The van der Waals surface area contributed by atoms with Crippen LogP contribution in [-0.4, -0.2) is 60.0 Å². The molecule has 1 N–H and O–H groups in total. The lowest BCUT2D eigenvalue weighted by molar-refractivity contribution is 0.134. The summed E-state index contributed by atoms with van der Waals surface area (Å²) in [6, 6.07) is 6.26. The van der Waals surface area contributed by atoms with E-state index in [0.29, 0.717) is 5.88 Å². The molecule has 37 heavy (non-hydrogen) atoms. The molecule has 0 saturated heterocycles. The highest BCUT2D eigenvalue weighted by molar-refractivity contribution is 5.93. The Kier molecular flexibility index (Phi) is 7.06. The van der Waals surface area contributed by atoms with E-state index in [1.165, 1.54) is 0 Å². The fourth-order valence-corrected chi connectivity index (χ4v) is 4.89. The zero-order valence-electron chi connectivity index (χ0n) is 22.7. The first-order valence-electron chi connectivity index (χ1n) is 13.2. The van der Waals surface area contributed by atoms with Crippen LogP contribution in [0.4, 0.5) is 0 Å². The lowest BCUT2D eigenvalue weighted by atomic mass is 10.1. The lowest BCUT2D eigenvalue weighted by Gasteiger charge is -2.26. The Morgan fingerprint density at radius 1 is 1.22 bits per heavy atom. The summed E-state index contributed by atoms with van der Waals surface area (Å²) in [5.74, 6) is 1.44. The quantitative estimate of drug-likeness (QED) is 0.406. The van der Waals surface area contributed by atoms with Crippen molar-refractivity contribution in [2.75, 3.05) is 13.1 Å². The normalized spacial score (nSPS) is 17.3. The van der Waals surface area contributed by atoms with E-state index in [1.807, 2.05) is 37.8 Å². The van der Waals surface area contributed by atoms with Crippen LogP contribution in [0.15, 0.2) is 24.4 Å². The molecule has 1 aliphatic heterocycles. The number of likely N-dealkylation sites (N-methyl/N-ethyl adjacent to an activating group) is 1. The third-order valence-corrected chi connectivity index (χ3v) is 6.69. The van der Waals surface area contributed by atoms with E-state index in [4.69, 9.17) is 14.6 Å². The molecule has 1 aromatic carbocycles. The Morgan fingerprint density at radius 2 is 2.05 bits per heavy atom. The van der Waals surface area contributed by atoms with Gasteiger partial charge in [-0.05, 0) is 63.6 Å². The van der Waals surface area contributed by atoms with Crippen LogP contribution in [0.2, 0.25) is 0 Å². The van der Waals surface area contributed by atoms with E-state index in [2.05, 4.69) is 69.9 Å². The Labute approximate surface area is 218 Å². The van der Waals surface area contributed by atoms with Crippen LogP contribution in [0, 0.1) is 0 Å². The van der Waals surface area contributed by atoms with Gasteiger partial charge in [-0.3, -0.25) is 14.7 Å². The van der Waals surface area contributed by atoms with E-state index in [9.17, 15) is 0 Å². The summed E-state index contributed by atoms with van der Waals surface area (Å²) in [6.07, 6.45) is 7.05. The van der Waals surface area contributed by atoms with Crippen molar-refractivity contribution in [2.24, 2.45) is 7.05 Å². The zero-order valence-corrected chi connectivity index (χ0v) is 22.7. The third-order valence-electron chi connectivity index (χ3n) is 6.69. The second-order valence-corrected chi connectivity index (χ2v) is 10.0. The molecule has 0 amide bonds. The van der Waals surface area contributed by atoms with Crippen LogP contribution in [0.3, 0.4) is 0 Å². The van der Waals surface area contributed by atoms with Crippen LogP contribution in [-0.2, 0) is 20.1 Å². The molecule has 4 heterocycles. The molecule has 9 heteroatoms. The summed E-state index contributed by atoms with van der Waals surface area (Å²) >= 11 is 0. The number of hydrogen-bond donors (Lipinski definition) is 1. The molecule has 0 fully saturated rings. The number of aryl methyl sites for hydroxylation is 2. The minimum absolute atomic E-state index is 0.0254. The number of nitrogens with one attached hydrogen (secondary N) is 1. The van der Waals surface area contributed by atoms with E-state index >= 15 is 0 Å². The monoisotopic (exact) mass is 503 g/mol. The second kappa shape index (κ2) is 10.4. The van der Waals surface area contributed by atoms with Gasteiger partial charge in [0, 0.05) is 32.1 Å². The first-order valence-corrected chi connectivity index (χ1v) is 13.2. The summed E-state index contributed by atoms with van der Waals surface area (Å²) in [6.45, 7) is 13.8. The van der Waals surface area contributed by atoms with Gasteiger partial charge in [-0.15, -0.1) is 5.10 Å². The van der Waals surface area contributed by atoms with Crippen molar-refractivity contribution in [1.82, 2.24) is 34.7 Å². The molecular weight excluding hydrogens is 466 g/mol. The molecule has 1 atom stereocenters. The maximum Gasteiger partial charge on any atom is 0.240 e. The smallest absolute Gasteiger partial charge is 0.240 e. The summed E-state index contributed by atoms with van der Waals surface area (Å²) in [4.78, 5) is 2.40. The Bertz CT molecular complexity index is 1410. The lowest BCUT2D eigenvalue weighted by Crippen LogP contribution is -2.34. The molecule has 1 aliphatic rings. The number of fused-ring (bicyclic) bond motifs is 4. The Hall–Kier alpha value is -3.59. The number of aromatic nitrogens is 6. The fourth-order valence-electron chi connectivity index (χ4n) is 4.89. The molecule has 0 saturated carbocycles. The second-order valence-electron chi connectivity index (χ2n) is 10.0. The summed E-state index contributed by atoms with van der Waals surface area (Å²) < 4.78 is 16.6. The van der Waals surface area contributed by atoms with Gasteiger partial charge in [0.1, 0.15) is 6.10 Å². The highest BCUT2D eigenvalue weighted by Crippen LogP contribution is 2.34. The fraction of sp³-hybridized carbons (Fsp3) is 0.464. The average molecular weight is 504 g/mol. The van der Waals surface area contributed by atoms with E-state index < -0.39 is 0 Å². The van der Waals surface area contributed by atoms with E-state index in [0.717, 1.165) is 77.5 Å². The van der Waals surface area contributed by atoms with Crippen LogP contribution < -0.4 is 9.47 Å². The number of nitrogens with zero attached hydrogens (tertiary/aromatic N) is 6. The molecule has 0 aliphatic carbocycles. The predicted molar refractivity (Wildman–Crippen MR) is 147 cm³/mol. The standard InChI is InChI=1S/C28H37N7O2/c1-7-13-35-26-17-34(8-2)16-19(5)37-28-23(15-29-33(28)6)20-9-11-24-22(14-20)25(31-30-24)12-10-21(26)27(32-35)36-18(3)4/h9-12,14-15,18-19H,7-8,13,16-17H2,1-6H3,(H,30,31)/b12-10+. The molecule has 0 radical (unpaired) electrons. The summed E-state index contributed by atoms with van der Waals surface area (Å²) in [7, 11) is 1.92. The maximum absolute atomic E-state index is 6.52. The van der Waals surface area contributed by atoms with Gasteiger partial charge < -0.3 is 9.47 Å². The molecular formula is C28H37N7O2. The van der Waals surface area contributed by atoms with Crippen molar-refractivity contribution in [3.05, 3.63) is 41.3 Å². The van der Waals surface area contributed by atoms with Gasteiger partial charge in [-0.2, -0.15) is 10.2 Å². The van der Waals surface area contributed by atoms with Gasteiger partial charge in [-0.25, -0.2) is 4.68 Å². The maximum atomic E-state index is 6.52. The molecule has 2 bridgehead atoms. The molecule has 0 spiro atoms. The first-order chi connectivity index (χ1) is 17.9. The molecule has 196 valence electrons. The predicted octanol–water partition coefficient (Wildman–Crippen LogP) is 5.13. The molecule has 3 aromatic heterocycles. The number of rotatable bonds is 5. The van der Waals surface area contributed by atoms with Gasteiger partial charge in [-0.1, -0.05) is 19.9 Å². The third kappa shape index (κ3) is 5.00. The number of H-pyrrole nitrogens is 1. The minimum Gasteiger partial charge on any atom is -0.473 e. The van der Waals surface area contributed by atoms with Crippen molar-refractivity contribution < 1.29 is 9.47 Å².